The summed E-state index contributed by atoms with van der Waals surface area (Å²) in [4.78, 5) is 14.1. The highest BCUT2D eigenvalue weighted by Crippen LogP contribution is 2.20. The van der Waals surface area contributed by atoms with Crippen molar-refractivity contribution in [2.75, 3.05) is 33.3 Å². The van der Waals surface area contributed by atoms with Crippen molar-refractivity contribution in [1.82, 2.24) is 10.2 Å². The molecule has 1 N–H and O–H groups in total. The molecule has 1 aromatic rings. The average molecular weight is 331 g/mol. The average Bonchev–Trinajstić information content (AvgIpc) is 2.39. The van der Waals surface area contributed by atoms with Crippen LogP contribution in [0.5, 0.6) is 0 Å². The topological polar surface area (TPSA) is 41.6 Å². The fourth-order valence-corrected chi connectivity index (χ4v) is 2.61. The number of benzene rings is 1. The van der Waals surface area contributed by atoms with Gasteiger partial charge in [0.25, 0.3) is 5.91 Å². The lowest BCUT2D eigenvalue weighted by Crippen LogP contribution is -2.48. The summed E-state index contributed by atoms with van der Waals surface area (Å²) in [6, 6.07) is 4.10. The van der Waals surface area contributed by atoms with Gasteiger partial charge in [0.2, 0.25) is 0 Å². The number of likely N-dealkylation sites (N-methyl/N-ethyl adjacent to an activating group) is 1. The van der Waals surface area contributed by atoms with Crippen LogP contribution in [-0.4, -0.2) is 50.2 Å². The highest BCUT2D eigenvalue weighted by Gasteiger charge is 2.25. The zero-order valence-electron chi connectivity index (χ0n) is 10.7. The summed E-state index contributed by atoms with van der Waals surface area (Å²) in [5.74, 6) is -0.463. The Hall–Kier alpha value is -0.980. The zero-order valence-corrected chi connectivity index (χ0v) is 12.2. The molecule has 1 atom stereocenters. The van der Waals surface area contributed by atoms with Gasteiger partial charge in [-0.05, 0) is 41.2 Å². The predicted octanol–water partition coefficient (Wildman–Crippen LogP) is 1.65. The molecule has 0 spiro atoms. The smallest absolute Gasteiger partial charge is 0.255 e. The molecule has 2 rings (SSSR count). The van der Waals surface area contributed by atoms with E-state index in [9.17, 15) is 9.18 Å². The molecular weight excluding hydrogens is 315 g/mol. The Kier molecular flexibility index (Phi) is 4.90. The Balaban J connectivity index is 2.10. The molecule has 1 aromatic carbocycles. The standard InChI is InChI=1S/C13H16BrFN2O2/c1-16-7-10-8-17(4-5-19-10)13(18)11-3-2-9(15)6-12(11)14/h2-3,6,10,16H,4-5,7-8H2,1H3. The van der Waals surface area contributed by atoms with Gasteiger partial charge in [0, 0.05) is 24.1 Å². The normalized spacial score (nSPS) is 19.5. The van der Waals surface area contributed by atoms with Crippen LogP contribution in [0, 0.1) is 5.82 Å². The molecule has 6 heteroatoms. The van der Waals surface area contributed by atoms with E-state index in [2.05, 4.69) is 21.2 Å². The Morgan fingerprint density at radius 3 is 3.11 bits per heavy atom. The maximum absolute atomic E-state index is 13.0. The lowest BCUT2D eigenvalue weighted by atomic mass is 10.1. The highest BCUT2D eigenvalue weighted by atomic mass is 79.9. The van der Waals surface area contributed by atoms with Crippen LogP contribution in [0.3, 0.4) is 0 Å². The molecule has 1 aliphatic rings. The predicted molar refractivity (Wildman–Crippen MR) is 73.7 cm³/mol. The van der Waals surface area contributed by atoms with Crippen molar-refractivity contribution in [3.63, 3.8) is 0 Å². The van der Waals surface area contributed by atoms with Crippen LogP contribution < -0.4 is 5.32 Å². The summed E-state index contributed by atoms with van der Waals surface area (Å²) < 4.78 is 19.1. The Morgan fingerprint density at radius 2 is 2.42 bits per heavy atom. The lowest BCUT2D eigenvalue weighted by Gasteiger charge is -2.33. The summed E-state index contributed by atoms with van der Waals surface area (Å²) in [5, 5.41) is 3.03. The molecule has 1 unspecified atom stereocenters. The molecule has 1 saturated heterocycles. The van der Waals surface area contributed by atoms with Gasteiger partial charge in [-0.15, -0.1) is 0 Å². The SMILES string of the molecule is CNCC1CN(C(=O)c2ccc(F)cc2Br)CCO1. The molecule has 0 aromatic heterocycles. The maximum Gasteiger partial charge on any atom is 0.255 e. The third-order valence-corrected chi connectivity index (χ3v) is 3.68. The largest absolute Gasteiger partial charge is 0.373 e. The number of nitrogens with one attached hydrogen (secondary N) is 1. The van der Waals surface area contributed by atoms with Crippen LogP contribution in [0.2, 0.25) is 0 Å². The molecular formula is C13H16BrFN2O2. The number of ether oxygens (including phenoxy) is 1. The lowest BCUT2D eigenvalue weighted by molar-refractivity contribution is -0.0196. The van der Waals surface area contributed by atoms with Crippen molar-refractivity contribution in [2.24, 2.45) is 0 Å². The fourth-order valence-electron chi connectivity index (χ4n) is 2.09. The number of rotatable bonds is 3. The number of hydrogen-bond acceptors (Lipinski definition) is 3. The van der Waals surface area contributed by atoms with E-state index in [1.807, 2.05) is 7.05 Å². The van der Waals surface area contributed by atoms with Gasteiger partial charge in [-0.2, -0.15) is 0 Å². The molecule has 4 nitrogen and oxygen atoms in total. The zero-order chi connectivity index (χ0) is 13.8. The number of carbonyl (C=O) groups is 1. The van der Waals surface area contributed by atoms with Gasteiger partial charge in [0.1, 0.15) is 5.82 Å². The molecule has 104 valence electrons. The molecule has 1 aliphatic heterocycles. The van der Waals surface area contributed by atoms with E-state index in [-0.39, 0.29) is 17.8 Å². The number of morpholine rings is 1. The fraction of sp³-hybridized carbons (Fsp3) is 0.462. The van der Waals surface area contributed by atoms with Crippen LogP contribution in [0.4, 0.5) is 4.39 Å². The third-order valence-electron chi connectivity index (χ3n) is 3.02. The van der Waals surface area contributed by atoms with E-state index in [0.717, 1.165) is 0 Å². The highest BCUT2D eigenvalue weighted by molar-refractivity contribution is 9.10. The second-order valence-corrected chi connectivity index (χ2v) is 5.28. The molecule has 19 heavy (non-hydrogen) atoms. The van der Waals surface area contributed by atoms with Gasteiger partial charge in [-0.25, -0.2) is 4.39 Å². The summed E-state index contributed by atoms with van der Waals surface area (Å²) in [7, 11) is 1.85. The molecule has 0 bridgehead atoms. The van der Waals surface area contributed by atoms with Gasteiger partial charge in [-0.3, -0.25) is 4.79 Å². The summed E-state index contributed by atoms with van der Waals surface area (Å²) >= 11 is 3.23. The maximum atomic E-state index is 13.0. The van der Waals surface area contributed by atoms with Crippen LogP contribution >= 0.6 is 15.9 Å². The molecule has 1 heterocycles. The van der Waals surface area contributed by atoms with Crippen molar-refractivity contribution in [2.45, 2.75) is 6.10 Å². The number of nitrogens with zero attached hydrogens (tertiary/aromatic N) is 1. The van der Waals surface area contributed by atoms with Crippen molar-refractivity contribution in [1.29, 1.82) is 0 Å². The second kappa shape index (κ2) is 6.45. The van der Waals surface area contributed by atoms with Crippen LogP contribution in [0.15, 0.2) is 22.7 Å². The first kappa shape index (κ1) is 14.4. The minimum Gasteiger partial charge on any atom is -0.373 e. The summed E-state index contributed by atoms with van der Waals surface area (Å²) in [6.45, 7) is 2.33. The van der Waals surface area contributed by atoms with Gasteiger partial charge < -0.3 is 15.0 Å². The number of amides is 1. The van der Waals surface area contributed by atoms with Crippen LogP contribution in [-0.2, 0) is 4.74 Å². The third kappa shape index (κ3) is 3.52. The Bertz CT molecular complexity index is 468. The Labute approximate surface area is 120 Å². The first-order chi connectivity index (χ1) is 9.11. The van der Waals surface area contributed by atoms with Gasteiger partial charge in [0.15, 0.2) is 0 Å². The quantitative estimate of drug-likeness (QED) is 0.916. The van der Waals surface area contributed by atoms with E-state index in [4.69, 9.17) is 4.74 Å². The van der Waals surface area contributed by atoms with Crippen LogP contribution in [0.25, 0.3) is 0 Å². The molecule has 0 radical (unpaired) electrons. The molecule has 1 amide bonds. The number of halogens is 2. The van der Waals surface area contributed by atoms with Gasteiger partial charge in [0.05, 0.1) is 18.3 Å². The molecule has 0 saturated carbocycles. The van der Waals surface area contributed by atoms with E-state index >= 15 is 0 Å². The summed E-state index contributed by atoms with van der Waals surface area (Å²) in [6.07, 6.45) is 0.00178. The minimum atomic E-state index is -0.363. The number of hydrogen-bond donors (Lipinski definition) is 1. The van der Waals surface area contributed by atoms with Crippen LogP contribution in [0.1, 0.15) is 10.4 Å². The van der Waals surface area contributed by atoms with E-state index in [1.54, 1.807) is 4.90 Å². The van der Waals surface area contributed by atoms with E-state index in [0.29, 0.717) is 36.3 Å². The van der Waals surface area contributed by atoms with Crippen molar-refractivity contribution >= 4 is 21.8 Å². The monoisotopic (exact) mass is 330 g/mol. The second-order valence-electron chi connectivity index (χ2n) is 4.43. The van der Waals surface area contributed by atoms with E-state index in [1.165, 1.54) is 18.2 Å². The molecule has 0 aliphatic carbocycles. The minimum absolute atomic E-state index is 0.00178. The number of carbonyl (C=O) groups excluding carboxylic acids is 1. The first-order valence-corrected chi connectivity index (χ1v) is 6.91. The van der Waals surface area contributed by atoms with Gasteiger partial charge in [-0.1, -0.05) is 0 Å². The van der Waals surface area contributed by atoms with E-state index < -0.39 is 0 Å². The Morgan fingerprint density at radius 1 is 1.63 bits per heavy atom. The van der Waals surface area contributed by atoms with Crippen molar-refractivity contribution in [3.05, 3.63) is 34.1 Å². The van der Waals surface area contributed by atoms with Crippen molar-refractivity contribution < 1.29 is 13.9 Å². The summed E-state index contributed by atoms with van der Waals surface area (Å²) in [5.41, 5.74) is 0.478. The molecule has 1 fully saturated rings. The van der Waals surface area contributed by atoms with Gasteiger partial charge >= 0.3 is 0 Å². The van der Waals surface area contributed by atoms with Crippen molar-refractivity contribution in [3.8, 4) is 0 Å². The first-order valence-electron chi connectivity index (χ1n) is 6.12.